The van der Waals surface area contributed by atoms with Gasteiger partial charge >= 0.3 is 5.97 Å². The Bertz CT molecular complexity index is 791. The highest BCUT2D eigenvalue weighted by molar-refractivity contribution is 7.92. The maximum atomic E-state index is 12.3. The highest BCUT2D eigenvalue weighted by Crippen LogP contribution is 2.23. The van der Waals surface area contributed by atoms with Crippen molar-refractivity contribution in [3.63, 3.8) is 0 Å². The number of carbonyl (C=O) groups is 1. The Morgan fingerprint density at radius 2 is 2.09 bits per heavy atom. The van der Waals surface area contributed by atoms with Gasteiger partial charge in [0.1, 0.15) is 5.75 Å². The Labute approximate surface area is 134 Å². The minimum absolute atomic E-state index is 0.0873. The van der Waals surface area contributed by atoms with Crippen molar-refractivity contribution in [2.75, 3.05) is 18.4 Å². The SMILES string of the molecule is COC(=O)COc1ccc(S(=O)(=O)Nc2cccnc2)cc1C. The number of aryl methyl sites for hydroxylation is 1. The van der Waals surface area contributed by atoms with Crippen LogP contribution >= 0.6 is 0 Å². The maximum absolute atomic E-state index is 12.3. The van der Waals surface area contributed by atoms with Gasteiger partial charge in [-0.15, -0.1) is 0 Å². The van der Waals surface area contributed by atoms with Crippen LogP contribution in [0.15, 0.2) is 47.6 Å². The lowest BCUT2D eigenvalue weighted by molar-refractivity contribution is -0.142. The number of rotatable bonds is 6. The molecule has 23 heavy (non-hydrogen) atoms. The molecule has 0 radical (unpaired) electrons. The topological polar surface area (TPSA) is 94.6 Å². The highest BCUT2D eigenvalue weighted by atomic mass is 32.2. The summed E-state index contributed by atoms with van der Waals surface area (Å²) in [6.07, 6.45) is 2.97. The number of hydrogen-bond donors (Lipinski definition) is 1. The van der Waals surface area contributed by atoms with Gasteiger partial charge in [-0.3, -0.25) is 9.71 Å². The summed E-state index contributed by atoms with van der Waals surface area (Å²) in [5.41, 5.74) is 0.958. The smallest absolute Gasteiger partial charge is 0.343 e. The number of pyridine rings is 1. The second-order valence-corrected chi connectivity index (χ2v) is 6.32. The molecular formula is C15H16N2O5S. The van der Waals surface area contributed by atoms with Crippen LogP contribution in [0.2, 0.25) is 0 Å². The fraction of sp³-hybridized carbons (Fsp3) is 0.200. The van der Waals surface area contributed by atoms with Crippen molar-refractivity contribution in [1.82, 2.24) is 4.98 Å². The molecule has 2 aromatic rings. The highest BCUT2D eigenvalue weighted by Gasteiger charge is 2.16. The molecule has 122 valence electrons. The van der Waals surface area contributed by atoms with E-state index in [0.29, 0.717) is 17.0 Å². The van der Waals surface area contributed by atoms with E-state index in [0.717, 1.165) is 0 Å². The summed E-state index contributed by atoms with van der Waals surface area (Å²) >= 11 is 0. The summed E-state index contributed by atoms with van der Waals surface area (Å²) in [6.45, 7) is 1.45. The number of aromatic nitrogens is 1. The third-order valence-corrected chi connectivity index (χ3v) is 4.32. The second-order valence-electron chi connectivity index (χ2n) is 4.64. The van der Waals surface area contributed by atoms with E-state index in [1.54, 1.807) is 25.3 Å². The van der Waals surface area contributed by atoms with Crippen molar-refractivity contribution in [2.45, 2.75) is 11.8 Å². The molecule has 0 amide bonds. The minimum atomic E-state index is -3.73. The Balaban J connectivity index is 2.17. The van der Waals surface area contributed by atoms with Gasteiger partial charge < -0.3 is 9.47 Å². The molecule has 1 aromatic heterocycles. The largest absolute Gasteiger partial charge is 0.482 e. The van der Waals surface area contributed by atoms with Crippen molar-refractivity contribution in [3.8, 4) is 5.75 Å². The summed E-state index contributed by atoms with van der Waals surface area (Å²) in [7, 11) is -2.46. The van der Waals surface area contributed by atoms with E-state index in [9.17, 15) is 13.2 Å². The lowest BCUT2D eigenvalue weighted by Crippen LogP contribution is -2.15. The fourth-order valence-electron chi connectivity index (χ4n) is 1.78. The minimum Gasteiger partial charge on any atom is -0.482 e. The third-order valence-electron chi connectivity index (χ3n) is 2.94. The number of anilines is 1. The standard InChI is InChI=1S/C15H16N2O5S/c1-11-8-13(5-6-14(11)22-10-15(18)21-2)23(19,20)17-12-4-3-7-16-9-12/h3-9,17H,10H2,1-2H3. The molecule has 1 N–H and O–H groups in total. The van der Waals surface area contributed by atoms with E-state index in [2.05, 4.69) is 14.4 Å². The molecule has 7 nitrogen and oxygen atoms in total. The Kier molecular flexibility index (Phi) is 5.17. The molecule has 0 unspecified atom stereocenters. The van der Waals surface area contributed by atoms with Crippen LogP contribution in [0.25, 0.3) is 0 Å². The van der Waals surface area contributed by atoms with Crippen molar-refractivity contribution in [1.29, 1.82) is 0 Å². The van der Waals surface area contributed by atoms with Crippen LogP contribution in [-0.2, 0) is 19.6 Å². The molecule has 1 aromatic carbocycles. The molecule has 0 aliphatic carbocycles. The maximum Gasteiger partial charge on any atom is 0.343 e. The first-order valence-corrected chi connectivity index (χ1v) is 8.14. The molecule has 0 aliphatic rings. The van der Waals surface area contributed by atoms with Crippen molar-refractivity contribution >= 4 is 21.7 Å². The van der Waals surface area contributed by atoms with Crippen LogP contribution < -0.4 is 9.46 Å². The summed E-state index contributed by atoms with van der Waals surface area (Å²) in [6, 6.07) is 7.60. The van der Waals surface area contributed by atoms with Gasteiger partial charge in [0.05, 0.1) is 23.9 Å². The normalized spacial score (nSPS) is 10.9. The monoisotopic (exact) mass is 336 g/mol. The predicted octanol–water partition coefficient (Wildman–Crippen LogP) is 1.74. The van der Waals surface area contributed by atoms with Crippen molar-refractivity contribution < 1.29 is 22.7 Å². The first kappa shape index (κ1) is 16.8. The molecule has 0 saturated carbocycles. The number of hydrogen-bond acceptors (Lipinski definition) is 6. The van der Waals surface area contributed by atoms with Gasteiger partial charge in [-0.05, 0) is 42.8 Å². The van der Waals surface area contributed by atoms with Gasteiger partial charge in [0.15, 0.2) is 6.61 Å². The fourth-order valence-corrected chi connectivity index (χ4v) is 2.91. The number of ether oxygens (including phenoxy) is 2. The van der Waals surface area contributed by atoms with Gasteiger partial charge in [-0.1, -0.05) is 0 Å². The molecule has 0 spiro atoms. The molecule has 0 atom stereocenters. The van der Waals surface area contributed by atoms with Crippen molar-refractivity contribution in [2.24, 2.45) is 0 Å². The van der Waals surface area contributed by atoms with Crippen LogP contribution in [0, 0.1) is 6.92 Å². The summed E-state index contributed by atoms with van der Waals surface area (Å²) in [4.78, 5) is 15.0. The van der Waals surface area contributed by atoms with E-state index in [1.165, 1.54) is 31.5 Å². The third kappa shape index (κ3) is 4.43. The molecule has 0 saturated heterocycles. The molecule has 0 aliphatic heterocycles. The van der Waals surface area contributed by atoms with Crippen LogP contribution in [0.3, 0.4) is 0 Å². The van der Waals surface area contributed by atoms with E-state index < -0.39 is 16.0 Å². The van der Waals surface area contributed by atoms with Crippen LogP contribution in [0.4, 0.5) is 5.69 Å². The Morgan fingerprint density at radius 1 is 1.30 bits per heavy atom. The summed E-state index contributed by atoms with van der Waals surface area (Å²) < 4.78 is 36.8. The Hall–Kier alpha value is -2.61. The summed E-state index contributed by atoms with van der Waals surface area (Å²) in [5.74, 6) is -0.102. The van der Waals surface area contributed by atoms with E-state index in [-0.39, 0.29) is 11.5 Å². The average Bonchev–Trinajstić information content (AvgIpc) is 2.53. The first-order chi connectivity index (χ1) is 10.9. The number of esters is 1. The number of nitrogens with one attached hydrogen (secondary N) is 1. The van der Waals surface area contributed by atoms with Gasteiger partial charge in [-0.25, -0.2) is 13.2 Å². The summed E-state index contributed by atoms with van der Waals surface area (Å²) in [5, 5.41) is 0. The molecule has 1 heterocycles. The number of benzene rings is 1. The van der Waals surface area contributed by atoms with Crippen molar-refractivity contribution in [3.05, 3.63) is 48.3 Å². The molecular weight excluding hydrogens is 320 g/mol. The average molecular weight is 336 g/mol. The zero-order chi connectivity index (χ0) is 16.9. The van der Waals surface area contributed by atoms with Crippen LogP contribution in [-0.4, -0.2) is 33.1 Å². The van der Waals surface area contributed by atoms with Gasteiger partial charge in [0, 0.05) is 6.20 Å². The number of nitrogens with zero attached hydrogens (tertiary/aromatic N) is 1. The quantitative estimate of drug-likeness (QED) is 0.808. The lowest BCUT2D eigenvalue weighted by Gasteiger charge is -2.11. The second kappa shape index (κ2) is 7.10. The molecule has 8 heteroatoms. The Morgan fingerprint density at radius 3 is 2.70 bits per heavy atom. The van der Waals surface area contributed by atoms with E-state index in [4.69, 9.17) is 4.74 Å². The zero-order valence-electron chi connectivity index (χ0n) is 12.6. The van der Waals surface area contributed by atoms with Gasteiger partial charge in [0.25, 0.3) is 10.0 Å². The molecule has 0 bridgehead atoms. The van der Waals surface area contributed by atoms with Gasteiger partial charge in [-0.2, -0.15) is 0 Å². The number of sulfonamides is 1. The number of methoxy groups -OCH3 is 1. The molecule has 2 rings (SSSR count). The zero-order valence-corrected chi connectivity index (χ0v) is 13.5. The predicted molar refractivity (Wildman–Crippen MR) is 83.7 cm³/mol. The van der Waals surface area contributed by atoms with Crippen LogP contribution in [0.5, 0.6) is 5.75 Å². The molecule has 0 fully saturated rings. The van der Waals surface area contributed by atoms with Gasteiger partial charge in [0.2, 0.25) is 0 Å². The lowest BCUT2D eigenvalue weighted by atomic mass is 10.2. The van der Waals surface area contributed by atoms with Crippen LogP contribution in [0.1, 0.15) is 5.56 Å². The van der Waals surface area contributed by atoms with E-state index >= 15 is 0 Å². The number of carbonyl (C=O) groups excluding carboxylic acids is 1. The van der Waals surface area contributed by atoms with E-state index in [1.807, 2.05) is 0 Å². The first-order valence-electron chi connectivity index (χ1n) is 6.65.